The van der Waals surface area contributed by atoms with Gasteiger partial charge in [0.1, 0.15) is 0 Å². The summed E-state index contributed by atoms with van der Waals surface area (Å²) in [7, 11) is 0. The number of anilines is 1. The van der Waals surface area contributed by atoms with Crippen LogP contribution >= 0.6 is 0 Å². The Morgan fingerprint density at radius 2 is 2.30 bits per heavy atom. The van der Waals surface area contributed by atoms with Crippen molar-refractivity contribution < 1.29 is 10.0 Å². The van der Waals surface area contributed by atoms with Crippen molar-refractivity contribution >= 4 is 22.7 Å². The molecule has 0 unspecified atom stereocenters. The van der Waals surface area contributed by atoms with Crippen molar-refractivity contribution in [3.05, 3.63) is 28.3 Å². The van der Waals surface area contributed by atoms with Crippen LogP contribution in [0.4, 0.5) is 11.6 Å². The molecule has 2 N–H and O–H groups in total. The maximum absolute atomic E-state index is 10.7. The molecule has 2 heterocycles. The minimum atomic E-state index is -0.625. The summed E-state index contributed by atoms with van der Waals surface area (Å²) in [5, 5.41) is 20.9. The van der Waals surface area contributed by atoms with Crippen LogP contribution in [0.5, 0.6) is 0 Å². The zero-order valence-corrected chi connectivity index (χ0v) is 11.2. The SMILES string of the molecule is CCCC1(O)CN(c2nc3ccc([N+](=O)[O-])cc3[nH]2)C1. The highest BCUT2D eigenvalue weighted by Gasteiger charge is 2.41. The summed E-state index contributed by atoms with van der Waals surface area (Å²) in [5.41, 5.74) is 0.746. The number of aromatic amines is 1. The van der Waals surface area contributed by atoms with Gasteiger partial charge in [-0.05, 0) is 12.5 Å². The standard InChI is InChI=1S/C13H16N4O3/c1-2-5-13(18)7-16(8-13)12-14-10-4-3-9(17(19)20)6-11(10)15-12/h3-4,6,18H,2,5,7-8H2,1H3,(H,14,15). The highest BCUT2D eigenvalue weighted by Crippen LogP contribution is 2.31. The molecular weight excluding hydrogens is 260 g/mol. The zero-order chi connectivity index (χ0) is 14.3. The Morgan fingerprint density at radius 3 is 2.95 bits per heavy atom. The van der Waals surface area contributed by atoms with Crippen LogP contribution in [0.3, 0.4) is 0 Å². The Bertz CT molecular complexity index is 661. The van der Waals surface area contributed by atoms with Crippen molar-refractivity contribution in [1.82, 2.24) is 9.97 Å². The van der Waals surface area contributed by atoms with Crippen molar-refractivity contribution in [3.8, 4) is 0 Å². The molecule has 1 aromatic heterocycles. The van der Waals surface area contributed by atoms with Gasteiger partial charge in [-0.2, -0.15) is 0 Å². The molecular formula is C13H16N4O3. The molecule has 0 atom stereocenters. The fourth-order valence-electron chi connectivity index (χ4n) is 2.68. The number of fused-ring (bicyclic) bond motifs is 1. The predicted molar refractivity (Wildman–Crippen MR) is 74.8 cm³/mol. The van der Waals surface area contributed by atoms with Crippen LogP contribution in [0.1, 0.15) is 19.8 Å². The van der Waals surface area contributed by atoms with Crippen LogP contribution in [0.2, 0.25) is 0 Å². The van der Waals surface area contributed by atoms with Crippen LogP contribution < -0.4 is 4.90 Å². The Labute approximate surface area is 115 Å². The number of aliphatic hydroxyl groups is 1. The molecule has 1 aliphatic rings. The van der Waals surface area contributed by atoms with E-state index in [-0.39, 0.29) is 5.69 Å². The van der Waals surface area contributed by atoms with Crippen molar-refractivity contribution in [2.24, 2.45) is 0 Å². The number of β-amino-alcohol motifs (C(OH)–C–C–N with tert-alkyl or cyclic N) is 1. The van der Waals surface area contributed by atoms with E-state index in [2.05, 4.69) is 9.97 Å². The minimum Gasteiger partial charge on any atom is -0.386 e. The van der Waals surface area contributed by atoms with Gasteiger partial charge in [-0.1, -0.05) is 13.3 Å². The summed E-state index contributed by atoms with van der Waals surface area (Å²) >= 11 is 0. The number of nitrogens with zero attached hydrogens (tertiary/aromatic N) is 3. The Morgan fingerprint density at radius 1 is 1.55 bits per heavy atom. The van der Waals surface area contributed by atoms with Gasteiger partial charge in [0.2, 0.25) is 5.95 Å². The number of imidazole rings is 1. The number of nitro benzene ring substituents is 1. The van der Waals surface area contributed by atoms with Crippen molar-refractivity contribution in [1.29, 1.82) is 0 Å². The van der Waals surface area contributed by atoms with Gasteiger partial charge in [-0.25, -0.2) is 4.98 Å². The van der Waals surface area contributed by atoms with E-state index in [1.807, 2.05) is 11.8 Å². The van der Waals surface area contributed by atoms with Gasteiger partial charge >= 0.3 is 0 Å². The second kappa shape index (κ2) is 4.45. The van der Waals surface area contributed by atoms with E-state index in [4.69, 9.17) is 0 Å². The first-order chi connectivity index (χ1) is 9.50. The Balaban J connectivity index is 1.82. The lowest BCUT2D eigenvalue weighted by molar-refractivity contribution is -0.384. The maximum atomic E-state index is 10.7. The largest absolute Gasteiger partial charge is 0.386 e. The third kappa shape index (κ3) is 2.09. The minimum absolute atomic E-state index is 0.0406. The smallest absolute Gasteiger partial charge is 0.271 e. The molecule has 7 heteroatoms. The lowest BCUT2D eigenvalue weighted by Gasteiger charge is -2.46. The van der Waals surface area contributed by atoms with Crippen LogP contribution in [-0.2, 0) is 0 Å². The summed E-state index contributed by atoms with van der Waals surface area (Å²) in [6.07, 6.45) is 1.71. The third-order valence-corrected chi connectivity index (χ3v) is 3.65. The van der Waals surface area contributed by atoms with Gasteiger partial charge in [0, 0.05) is 12.1 Å². The molecule has 0 aliphatic carbocycles. The van der Waals surface area contributed by atoms with E-state index in [0.717, 1.165) is 12.8 Å². The number of nitrogens with one attached hydrogen (secondary N) is 1. The molecule has 7 nitrogen and oxygen atoms in total. The summed E-state index contributed by atoms with van der Waals surface area (Å²) in [4.78, 5) is 19.7. The third-order valence-electron chi connectivity index (χ3n) is 3.65. The van der Waals surface area contributed by atoms with E-state index in [1.54, 1.807) is 6.07 Å². The number of hydrogen-bond acceptors (Lipinski definition) is 5. The van der Waals surface area contributed by atoms with Gasteiger partial charge in [0.05, 0.1) is 34.6 Å². The Kier molecular flexibility index (Phi) is 2.86. The van der Waals surface area contributed by atoms with Gasteiger partial charge in [0.25, 0.3) is 5.69 Å². The molecule has 2 aromatic rings. The van der Waals surface area contributed by atoms with Crippen molar-refractivity contribution in [2.45, 2.75) is 25.4 Å². The second-order valence-corrected chi connectivity index (χ2v) is 5.35. The van der Waals surface area contributed by atoms with E-state index in [0.29, 0.717) is 30.1 Å². The molecule has 1 aliphatic heterocycles. The summed E-state index contributed by atoms with van der Waals surface area (Å²) < 4.78 is 0. The van der Waals surface area contributed by atoms with Gasteiger partial charge < -0.3 is 15.0 Å². The fourth-order valence-corrected chi connectivity index (χ4v) is 2.68. The number of aromatic nitrogens is 2. The molecule has 3 rings (SSSR count). The van der Waals surface area contributed by atoms with Crippen LogP contribution in [0.25, 0.3) is 11.0 Å². The highest BCUT2D eigenvalue weighted by molar-refractivity contribution is 5.80. The molecule has 20 heavy (non-hydrogen) atoms. The van der Waals surface area contributed by atoms with Crippen LogP contribution in [-0.4, -0.2) is 38.7 Å². The lowest BCUT2D eigenvalue weighted by Crippen LogP contribution is -2.62. The van der Waals surface area contributed by atoms with Crippen molar-refractivity contribution in [2.75, 3.05) is 18.0 Å². The number of rotatable bonds is 4. The average molecular weight is 276 g/mol. The molecule has 1 fully saturated rings. The van der Waals surface area contributed by atoms with E-state index in [1.165, 1.54) is 12.1 Å². The number of hydrogen-bond donors (Lipinski definition) is 2. The van der Waals surface area contributed by atoms with Gasteiger partial charge in [-0.15, -0.1) is 0 Å². The zero-order valence-electron chi connectivity index (χ0n) is 11.2. The number of non-ortho nitro benzene ring substituents is 1. The normalized spacial score (nSPS) is 17.2. The fraction of sp³-hybridized carbons (Fsp3) is 0.462. The van der Waals surface area contributed by atoms with Gasteiger partial charge in [0.15, 0.2) is 0 Å². The summed E-state index contributed by atoms with van der Waals surface area (Å²) in [5.74, 6) is 0.654. The number of nitro groups is 1. The average Bonchev–Trinajstić information content (AvgIpc) is 2.78. The predicted octanol–water partition coefficient (Wildman–Crippen LogP) is 1.82. The first-order valence-corrected chi connectivity index (χ1v) is 6.62. The first kappa shape index (κ1) is 12.9. The molecule has 106 valence electrons. The number of H-pyrrole nitrogens is 1. The Hall–Kier alpha value is -2.15. The summed E-state index contributed by atoms with van der Waals surface area (Å²) in [6, 6.07) is 4.55. The number of benzene rings is 1. The van der Waals surface area contributed by atoms with E-state index >= 15 is 0 Å². The van der Waals surface area contributed by atoms with E-state index in [9.17, 15) is 15.2 Å². The van der Waals surface area contributed by atoms with E-state index < -0.39 is 10.5 Å². The molecule has 1 saturated heterocycles. The highest BCUT2D eigenvalue weighted by atomic mass is 16.6. The molecule has 0 amide bonds. The first-order valence-electron chi connectivity index (χ1n) is 6.62. The lowest BCUT2D eigenvalue weighted by atomic mass is 9.90. The van der Waals surface area contributed by atoms with Crippen LogP contribution in [0, 0.1) is 10.1 Å². The molecule has 0 spiro atoms. The topological polar surface area (TPSA) is 95.3 Å². The van der Waals surface area contributed by atoms with Gasteiger partial charge in [-0.3, -0.25) is 10.1 Å². The van der Waals surface area contributed by atoms with Crippen molar-refractivity contribution in [3.63, 3.8) is 0 Å². The van der Waals surface area contributed by atoms with Crippen LogP contribution in [0.15, 0.2) is 18.2 Å². The molecule has 1 aromatic carbocycles. The summed E-state index contributed by atoms with van der Waals surface area (Å²) in [6.45, 7) is 3.13. The monoisotopic (exact) mass is 276 g/mol. The maximum Gasteiger partial charge on any atom is 0.271 e. The molecule has 0 saturated carbocycles. The molecule has 0 bridgehead atoms. The molecule has 0 radical (unpaired) electrons. The second-order valence-electron chi connectivity index (χ2n) is 5.35. The quantitative estimate of drug-likeness (QED) is 0.656.